The summed E-state index contributed by atoms with van der Waals surface area (Å²) >= 11 is 0. The van der Waals surface area contributed by atoms with E-state index in [4.69, 9.17) is 9.15 Å². The van der Waals surface area contributed by atoms with Crippen LogP contribution in [0.15, 0.2) is 57.7 Å². The molecule has 0 aliphatic rings. The monoisotopic (exact) mass is 290 g/mol. The molecule has 0 spiro atoms. The van der Waals surface area contributed by atoms with Crippen molar-refractivity contribution in [1.29, 1.82) is 0 Å². The third kappa shape index (κ3) is 2.47. The molecule has 0 unspecified atom stereocenters. The molecular formula is C19H14O3. The summed E-state index contributed by atoms with van der Waals surface area (Å²) in [7, 11) is 0. The topological polar surface area (TPSA) is 39.4 Å². The fourth-order valence-electron chi connectivity index (χ4n) is 2.30. The number of benzene rings is 2. The Labute approximate surface area is 128 Å². The molecule has 0 saturated heterocycles. The fraction of sp³-hybridized carbons (Fsp3) is 0.105. The molecule has 0 radical (unpaired) electrons. The van der Waals surface area contributed by atoms with Crippen LogP contribution in [0, 0.1) is 19.0 Å². The maximum absolute atomic E-state index is 12.5. The van der Waals surface area contributed by atoms with Crippen LogP contribution < -0.4 is 10.2 Å². The molecule has 3 aromatic rings. The van der Waals surface area contributed by atoms with Crippen molar-refractivity contribution in [3.8, 4) is 29.1 Å². The Morgan fingerprint density at radius 3 is 2.59 bits per heavy atom. The van der Waals surface area contributed by atoms with Crippen molar-refractivity contribution in [2.24, 2.45) is 0 Å². The lowest BCUT2D eigenvalue weighted by molar-refractivity contribution is 0.517. The van der Waals surface area contributed by atoms with Crippen molar-refractivity contribution < 1.29 is 9.15 Å². The van der Waals surface area contributed by atoms with Gasteiger partial charge >= 0.3 is 0 Å². The summed E-state index contributed by atoms with van der Waals surface area (Å²) < 4.78 is 11.2. The summed E-state index contributed by atoms with van der Waals surface area (Å²) in [5.41, 5.74) is 1.93. The Morgan fingerprint density at radius 2 is 1.86 bits per heavy atom. The van der Waals surface area contributed by atoms with Crippen molar-refractivity contribution in [2.75, 3.05) is 0 Å². The fourth-order valence-corrected chi connectivity index (χ4v) is 2.30. The van der Waals surface area contributed by atoms with Gasteiger partial charge < -0.3 is 9.15 Å². The molecule has 0 fully saturated rings. The number of fused-ring (bicyclic) bond motifs is 1. The zero-order chi connectivity index (χ0) is 15.5. The van der Waals surface area contributed by atoms with Crippen LogP contribution in [0.2, 0.25) is 0 Å². The molecule has 0 saturated carbocycles. The normalized spacial score (nSPS) is 10.1. The van der Waals surface area contributed by atoms with Gasteiger partial charge in [0.05, 0.1) is 5.39 Å². The second-order valence-electron chi connectivity index (χ2n) is 4.86. The highest BCUT2D eigenvalue weighted by atomic mass is 16.5. The van der Waals surface area contributed by atoms with Crippen LogP contribution in [0.3, 0.4) is 0 Å². The Bertz CT molecular complexity index is 941. The number of ether oxygens (including phenoxy) is 1. The largest absolute Gasteiger partial charge is 0.455 e. The summed E-state index contributed by atoms with van der Waals surface area (Å²) in [6, 6.07) is 14.7. The minimum Gasteiger partial charge on any atom is -0.455 e. The summed E-state index contributed by atoms with van der Waals surface area (Å²) in [6.45, 7) is 3.47. The molecule has 0 atom stereocenters. The van der Waals surface area contributed by atoms with E-state index in [0.29, 0.717) is 28.0 Å². The van der Waals surface area contributed by atoms with Crippen LogP contribution in [0.25, 0.3) is 22.3 Å². The Hall–Kier alpha value is -2.99. The zero-order valence-electron chi connectivity index (χ0n) is 12.3. The van der Waals surface area contributed by atoms with Crippen LogP contribution in [0.4, 0.5) is 0 Å². The van der Waals surface area contributed by atoms with Gasteiger partial charge in [0, 0.05) is 24.1 Å². The van der Waals surface area contributed by atoms with Crippen molar-refractivity contribution in [3.05, 3.63) is 64.3 Å². The first-order chi connectivity index (χ1) is 10.7. The van der Waals surface area contributed by atoms with E-state index in [2.05, 4.69) is 12.0 Å². The third-order valence-electron chi connectivity index (χ3n) is 3.40. The zero-order valence-corrected chi connectivity index (χ0v) is 12.3. The SMILES string of the molecule is CC#COc1ccc2c(=O)c(C)c(-c3ccccc3)oc2c1. The number of rotatable bonds is 2. The lowest BCUT2D eigenvalue weighted by Gasteiger charge is -2.07. The average molecular weight is 290 g/mol. The third-order valence-corrected chi connectivity index (χ3v) is 3.40. The van der Waals surface area contributed by atoms with Crippen LogP contribution in [-0.4, -0.2) is 0 Å². The van der Waals surface area contributed by atoms with E-state index in [1.165, 1.54) is 0 Å². The van der Waals surface area contributed by atoms with Gasteiger partial charge in [-0.3, -0.25) is 4.79 Å². The van der Waals surface area contributed by atoms with Crippen molar-refractivity contribution >= 4 is 11.0 Å². The molecule has 22 heavy (non-hydrogen) atoms. The van der Waals surface area contributed by atoms with Gasteiger partial charge in [-0.05, 0) is 19.1 Å². The van der Waals surface area contributed by atoms with E-state index >= 15 is 0 Å². The molecule has 0 aliphatic carbocycles. The quantitative estimate of drug-likeness (QED) is 0.666. The highest BCUT2D eigenvalue weighted by Crippen LogP contribution is 2.27. The molecule has 0 amide bonds. The maximum Gasteiger partial charge on any atom is 0.196 e. The maximum atomic E-state index is 12.5. The first-order valence-electron chi connectivity index (χ1n) is 6.92. The van der Waals surface area contributed by atoms with Gasteiger partial charge in [0.25, 0.3) is 0 Å². The highest BCUT2D eigenvalue weighted by Gasteiger charge is 2.13. The molecule has 2 aromatic carbocycles. The molecule has 108 valence electrons. The van der Waals surface area contributed by atoms with Gasteiger partial charge in [-0.1, -0.05) is 36.3 Å². The lowest BCUT2D eigenvalue weighted by Crippen LogP contribution is -2.07. The van der Waals surface area contributed by atoms with Crippen LogP contribution in [0.1, 0.15) is 12.5 Å². The summed E-state index contributed by atoms with van der Waals surface area (Å²) in [5, 5.41) is 0.536. The van der Waals surface area contributed by atoms with Gasteiger partial charge in [-0.15, -0.1) is 0 Å². The standard InChI is InChI=1S/C19H14O3/c1-3-11-21-15-9-10-16-17(12-15)22-19(13(2)18(16)20)14-7-5-4-6-8-14/h4-10,12H,1-2H3. The molecular weight excluding hydrogens is 276 g/mol. The smallest absolute Gasteiger partial charge is 0.196 e. The second-order valence-corrected chi connectivity index (χ2v) is 4.86. The Kier molecular flexibility index (Phi) is 3.67. The minimum absolute atomic E-state index is 0.0340. The van der Waals surface area contributed by atoms with E-state index in [1.807, 2.05) is 30.3 Å². The Morgan fingerprint density at radius 1 is 1.09 bits per heavy atom. The van der Waals surface area contributed by atoms with E-state index in [-0.39, 0.29) is 5.43 Å². The van der Waals surface area contributed by atoms with E-state index in [0.717, 1.165) is 5.56 Å². The predicted octanol–water partition coefficient (Wildman–Crippen LogP) is 4.13. The van der Waals surface area contributed by atoms with Gasteiger partial charge in [-0.25, -0.2) is 0 Å². The molecule has 3 rings (SSSR count). The minimum atomic E-state index is -0.0340. The first-order valence-corrected chi connectivity index (χ1v) is 6.92. The van der Waals surface area contributed by atoms with Crippen LogP contribution in [-0.2, 0) is 0 Å². The summed E-state index contributed by atoms with van der Waals surface area (Å²) in [4.78, 5) is 12.5. The predicted molar refractivity (Wildman–Crippen MR) is 86.7 cm³/mol. The second kappa shape index (κ2) is 5.79. The summed E-state index contributed by atoms with van der Waals surface area (Å²) in [5.74, 6) is 3.79. The Balaban J connectivity index is 2.23. The van der Waals surface area contributed by atoms with Crippen LogP contribution >= 0.6 is 0 Å². The number of hydrogen-bond acceptors (Lipinski definition) is 3. The summed E-state index contributed by atoms with van der Waals surface area (Å²) in [6.07, 6.45) is 2.53. The van der Waals surface area contributed by atoms with E-state index in [1.54, 1.807) is 32.0 Å². The van der Waals surface area contributed by atoms with E-state index < -0.39 is 0 Å². The first kappa shape index (κ1) is 14.0. The molecule has 0 N–H and O–H groups in total. The van der Waals surface area contributed by atoms with Gasteiger partial charge in [0.15, 0.2) is 5.43 Å². The number of hydrogen-bond donors (Lipinski definition) is 0. The van der Waals surface area contributed by atoms with Gasteiger partial charge in [-0.2, -0.15) is 0 Å². The lowest BCUT2D eigenvalue weighted by atomic mass is 10.1. The van der Waals surface area contributed by atoms with Gasteiger partial charge in [0.1, 0.15) is 23.2 Å². The van der Waals surface area contributed by atoms with Crippen molar-refractivity contribution in [3.63, 3.8) is 0 Å². The average Bonchev–Trinajstić information content (AvgIpc) is 2.57. The van der Waals surface area contributed by atoms with Crippen molar-refractivity contribution in [2.45, 2.75) is 13.8 Å². The molecule has 0 aliphatic heterocycles. The molecule has 1 aromatic heterocycles. The van der Waals surface area contributed by atoms with Gasteiger partial charge in [0.2, 0.25) is 0 Å². The molecule has 3 nitrogen and oxygen atoms in total. The molecule has 1 heterocycles. The van der Waals surface area contributed by atoms with E-state index in [9.17, 15) is 4.79 Å². The molecule has 0 bridgehead atoms. The van der Waals surface area contributed by atoms with Crippen LogP contribution in [0.5, 0.6) is 5.75 Å². The highest BCUT2D eigenvalue weighted by molar-refractivity contribution is 5.81. The van der Waals surface area contributed by atoms with Crippen molar-refractivity contribution in [1.82, 2.24) is 0 Å². The molecule has 3 heteroatoms.